The molecule has 0 fully saturated rings. The van der Waals surface area contributed by atoms with Crippen LogP contribution in [0.2, 0.25) is 0 Å². The number of hydrazone groups is 1. The molecule has 4 rings (SSSR count). The largest absolute Gasteiger partial charge is 0.326 e. The first-order valence-corrected chi connectivity index (χ1v) is 9.70. The molecule has 2 aliphatic rings. The number of carbonyl (C=O) groups is 1. The topological polar surface area (TPSA) is 65.8 Å². The fraction of sp³-hybridized carbons (Fsp3) is 0.250. The minimum absolute atomic E-state index is 0.0939. The molecule has 2 aromatic carbocycles. The Balaban J connectivity index is 1.49. The number of hydrogen-bond acceptors (Lipinski definition) is 4. The molecule has 0 saturated carbocycles. The van der Waals surface area contributed by atoms with Crippen LogP contribution in [-0.4, -0.2) is 22.5 Å². The number of carbonyl (C=O) groups excluding carboxylic acids is 1. The molecule has 1 aliphatic heterocycles. The predicted octanol–water partition coefficient (Wildman–Crippen LogP) is 3.86. The van der Waals surface area contributed by atoms with Gasteiger partial charge < -0.3 is 5.32 Å². The standard InChI is InChI=1S/C20H20N4OS/c1-13(25)21-17-6-3-7-18(11-17)22-20-24-23-19(12-26-20)16-9-8-14-4-2-5-15(14)10-16/h3,6-11H,2,4-5,12H2,1H3,(H,21,25)(H,22,24). The third-order valence-corrected chi connectivity index (χ3v) is 5.33. The lowest BCUT2D eigenvalue weighted by Gasteiger charge is -2.15. The van der Waals surface area contributed by atoms with E-state index < -0.39 is 0 Å². The number of hydrogen-bond donors (Lipinski definition) is 2. The van der Waals surface area contributed by atoms with Gasteiger partial charge in [0.15, 0.2) is 5.17 Å². The number of nitrogens with one attached hydrogen (secondary N) is 2. The minimum atomic E-state index is -0.0939. The Hall–Kier alpha value is -2.60. The molecule has 1 heterocycles. The fourth-order valence-corrected chi connectivity index (χ4v) is 4.03. The molecular formula is C20H20N4OS. The third-order valence-electron chi connectivity index (χ3n) is 4.46. The Bertz CT molecular complexity index is 920. The van der Waals surface area contributed by atoms with E-state index in [4.69, 9.17) is 0 Å². The van der Waals surface area contributed by atoms with Gasteiger partial charge in [-0.15, -0.1) is 0 Å². The van der Waals surface area contributed by atoms with E-state index in [1.807, 2.05) is 24.3 Å². The van der Waals surface area contributed by atoms with Crippen LogP contribution in [0.5, 0.6) is 0 Å². The maximum atomic E-state index is 11.2. The lowest BCUT2D eigenvalue weighted by Crippen LogP contribution is -2.25. The fourth-order valence-electron chi connectivity index (χ4n) is 3.25. The Morgan fingerprint density at radius 3 is 2.88 bits per heavy atom. The van der Waals surface area contributed by atoms with Crippen molar-refractivity contribution < 1.29 is 4.79 Å². The molecule has 26 heavy (non-hydrogen) atoms. The van der Waals surface area contributed by atoms with E-state index in [9.17, 15) is 4.79 Å². The van der Waals surface area contributed by atoms with Gasteiger partial charge in [-0.2, -0.15) is 5.10 Å². The molecule has 1 aliphatic carbocycles. The number of aryl methyl sites for hydroxylation is 2. The number of amides is 1. The quantitative estimate of drug-likeness (QED) is 0.869. The van der Waals surface area contributed by atoms with Gasteiger partial charge in [0.05, 0.1) is 11.4 Å². The summed E-state index contributed by atoms with van der Waals surface area (Å²) >= 11 is 1.63. The Kier molecular flexibility index (Phi) is 4.75. The zero-order valence-electron chi connectivity index (χ0n) is 14.6. The zero-order chi connectivity index (χ0) is 17.9. The molecule has 0 spiro atoms. The second kappa shape index (κ2) is 7.33. The highest BCUT2D eigenvalue weighted by atomic mass is 32.2. The van der Waals surface area contributed by atoms with Gasteiger partial charge in [-0.25, -0.2) is 4.99 Å². The summed E-state index contributed by atoms with van der Waals surface area (Å²) in [5.74, 6) is 0.694. The van der Waals surface area contributed by atoms with Gasteiger partial charge in [0.2, 0.25) is 5.91 Å². The maximum absolute atomic E-state index is 11.2. The molecule has 0 aromatic heterocycles. The average molecular weight is 364 g/mol. The van der Waals surface area contributed by atoms with Crippen LogP contribution in [0.4, 0.5) is 11.4 Å². The van der Waals surface area contributed by atoms with E-state index in [-0.39, 0.29) is 5.91 Å². The highest BCUT2D eigenvalue weighted by Crippen LogP contribution is 2.25. The number of rotatable bonds is 3. The van der Waals surface area contributed by atoms with Gasteiger partial charge >= 0.3 is 0 Å². The number of amidine groups is 1. The summed E-state index contributed by atoms with van der Waals surface area (Å²) in [5.41, 5.74) is 9.76. The highest BCUT2D eigenvalue weighted by molar-refractivity contribution is 8.14. The first-order chi connectivity index (χ1) is 12.7. The molecule has 1 amide bonds. The van der Waals surface area contributed by atoms with Crippen molar-refractivity contribution in [3.63, 3.8) is 0 Å². The van der Waals surface area contributed by atoms with Crippen molar-refractivity contribution in [1.29, 1.82) is 0 Å². The average Bonchev–Trinajstić information content (AvgIpc) is 3.10. The summed E-state index contributed by atoms with van der Waals surface area (Å²) in [7, 11) is 0. The second-order valence-corrected chi connectivity index (χ2v) is 7.41. The Morgan fingerprint density at radius 2 is 2.08 bits per heavy atom. The van der Waals surface area contributed by atoms with Crippen LogP contribution in [0.1, 0.15) is 30.0 Å². The first-order valence-electron chi connectivity index (χ1n) is 8.71. The lowest BCUT2D eigenvalue weighted by molar-refractivity contribution is -0.114. The summed E-state index contributed by atoms with van der Waals surface area (Å²) < 4.78 is 0. The predicted molar refractivity (Wildman–Crippen MR) is 108 cm³/mol. The third kappa shape index (κ3) is 3.80. The Labute approximate surface area is 157 Å². The van der Waals surface area contributed by atoms with E-state index in [1.54, 1.807) is 11.8 Å². The molecular weight excluding hydrogens is 344 g/mol. The first kappa shape index (κ1) is 16.8. The van der Waals surface area contributed by atoms with E-state index in [1.165, 1.54) is 42.9 Å². The summed E-state index contributed by atoms with van der Waals surface area (Å²) in [6, 6.07) is 14.2. The van der Waals surface area contributed by atoms with Crippen molar-refractivity contribution >= 4 is 39.9 Å². The van der Waals surface area contributed by atoms with Crippen LogP contribution in [-0.2, 0) is 17.6 Å². The lowest BCUT2D eigenvalue weighted by atomic mass is 10.0. The SMILES string of the molecule is CC(=O)Nc1cccc(N=C2NN=C(c3ccc4c(c3)CCC4)CS2)c1. The van der Waals surface area contributed by atoms with Crippen molar-refractivity contribution in [2.24, 2.45) is 10.1 Å². The summed E-state index contributed by atoms with van der Waals surface area (Å²) in [5, 5.41) is 8.05. The number of nitrogens with zero attached hydrogens (tertiary/aromatic N) is 2. The number of fused-ring (bicyclic) bond motifs is 1. The summed E-state index contributed by atoms with van der Waals surface area (Å²) in [4.78, 5) is 15.8. The molecule has 2 N–H and O–H groups in total. The smallest absolute Gasteiger partial charge is 0.221 e. The highest BCUT2D eigenvalue weighted by Gasteiger charge is 2.16. The van der Waals surface area contributed by atoms with Crippen molar-refractivity contribution in [3.05, 3.63) is 59.2 Å². The molecule has 0 bridgehead atoms. The van der Waals surface area contributed by atoms with E-state index >= 15 is 0 Å². The molecule has 0 atom stereocenters. The zero-order valence-corrected chi connectivity index (χ0v) is 15.4. The number of thioether (sulfide) groups is 1. The summed E-state index contributed by atoms with van der Waals surface area (Å²) in [6.45, 7) is 1.49. The number of anilines is 1. The van der Waals surface area contributed by atoms with E-state index in [0.717, 1.165) is 28.0 Å². The van der Waals surface area contributed by atoms with Gasteiger partial charge in [0.1, 0.15) is 0 Å². The van der Waals surface area contributed by atoms with Gasteiger partial charge in [0, 0.05) is 18.4 Å². The molecule has 0 radical (unpaired) electrons. The van der Waals surface area contributed by atoms with E-state index in [2.05, 4.69) is 39.0 Å². The van der Waals surface area contributed by atoms with Gasteiger partial charge in [-0.05, 0) is 60.2 Å². The van der Waals surface area contributed by atoms with Crippen LogP contribution in [0.15, 0.2) is 52.6 Å². The Morgan fingerprint density at radius 1 is 1.19 bits per heavy atom. The molecule has 132 valence electrons. The van der Waals surface area contributed by atoms with Crippen LogP contribution in [0.3, 0.4) is 0 Å². The monoisotopic (exact) mass is 364 g/mol. The maximum Gasteiger partial charge on any atom is 0.221 e. The molecule has 2 aromatic rings. The van der Waals surface area contributed by atoms with Crippen molar-refractivity contribution in [1.82, 2.24) is 5.43 Å². The van der Waals surface area contributed by atoms with Crippen molar-refractivity contribution in [2.75, 3.05) is 11.1 Å². The van der Waals surface area contributed by atoms with Crippen LogP contribution in [0.25, 0.3) is 0 Å². The van der Waals surface area contributed by atoms with Gasteiger partial charge in [0.25, 0.3) is 0 Å². The van der Waals surface area contributed by atoms with Crippen molar-refractivity contribution in [2.45, 2.75) is 26.2 Å². The van der Waals surface area contributed by atoms with Gasteiger partial charge in [-0.3, -0.25) is 10.2 Å². The molecule has 6 heteroatoms. The second-order valence-electron chi connectivity index (χ2n) is 6.44. The normalized spacial score (nSPS) is 17.4. The van der Waals surface area contributed by atoms with Gasteiger partial charge in [-0.1, -0.05) is 30.0 Å². The van der Waals surface area contributed by atoms with Crippen molar-refractivity contribution in [3.8, 4) is 0 Å². The molecule has 5 nitrogen and oxygen atoms in total. The van der Waals surface area contributed by atoms with Crippen LogP contribution < -0.4 is 10.7 Å². The van der Waals surface area contributed by atoms with E-state index in [0.29, 0.717) is 0 Å². The van der Waals surface area contributed by atoms with Crippen LogP contribution in [0, 0.1) is 0 Å². The molecule has 0 unspecified atom stereocenters. The number of benzene rings is 2. The number of aliphatic imine (C=N–C) groups is 1. The van der Waals surface area contributed by atoms with Crippen LogP contribution >= 0.6 is 11.8 Å². The summed E-state index contributed by atoms with van der Waals surface area (Å²) in [6.07, 6.45) is 3.63. The minimum Gasteiger partial charge on any atom is -0.326 e. The molecule has 0 saturated heterocycles.